The van der Waals surface area contributed by atoms with Crippen molar-refractivity contribution in [1.82, 2.24) is 9.78 Å². The maximum absolute atomic E-state index is 6.41. The van der Waals surface area contributed by atoms with E-state index in [-0.39, 0.29) is 6.04 Å². The van der Waals surface area contributed by atoms with E-state index in [2.05, 4.69) is 64.7 Å². The topological polar surface area (TPSA) is 43.8 Å². The summed E-state index contributed by atoms with van der Waals surface area (Å²) in [5.74, 6) is 0. The molecule has 2 aromatic rings. The monoisotopic (exact) mass is 335 g/mol. The SMILES string of the molecule is CCc1cc(CC(N)c2cccc(Br)c2C)n(CC)n1. The molecule has 3 nitrogen and oxygen atoms in total. The fraction of sp³-hybridized carbons (Fsp3) is 0.438. The van der Waals surface area contributed by atoms with Gasteiger partial charge < -0.3 is 5.73 Å². The van der Waals surface area contributed by atoms with E-state index < -0.39 is 0 Å². The summed E-state index contributed by atoms with van der Waals surface area (Å²) < 4.78 is 3.18. The zero-order chi connectivity index (χ0) is 14.7. The summed E-state index contributed by atoms with van der Waals surface area (Å²) in [6.45, 7) is 7.24. The maximum Gasteiger partial charge on any atom is 0.0624 e. The van der Waals surface area contributed by atoms with Crippen LogP contribution in [0.5, 0.6) is 0 Å². The molecule has 0 bridgehead atoms. The summed E-state index contributed by atoms with van der Waals surface area (Å²) >= 11 is 3.57. The van der Waals surface area contributed by atoms with E-state index in [1.165, 1.54) is 16.8 Å². The molecule has 0 saturated heterocycles. The van der Waals surface area contributed by atoms with Crippen molar-refractivity contribution in [3.05, 3.63) is 51.3 Å². The van der Waals surface area contributed by atoms with Crippen molar-refractivity contribution < 1.29 is 0 Å². The average molecular weight is 336 g/mol. The Labute approximate surface area is 129 Å². The minimum Gasteiger partial charge on any atom is -0.324 e. The predicted molar refractivity (Wildman–Crippen MR) is 86.8 cm³/mol. The average Bonchev–Trinajstić information content (AvgIpc) is 2.84. The highest BCUT2D eigenvalue weighted by atomic mass is 79.9. The summed E-state index contributed by atoms with van der Waals surface area (Å²) in [5, 5.41) is 4.59. The Balaban J connectivity index is 2.25. The van der Waals surface area contributed by atoms with Gasteiger partial charge in [0.25, 0.3) is 0 Å². The van der Waals surface area contributed by atoms with Gasteiger partial charge in [0.15, 0.2) is 0 Å². The molecule has 0 fully saturated rings. The van der Waals surface area contributed by atoms with Crippen molar-refractivity contribution in [1.29, 1.82) is 0 Å². The normalized spacial score (nSPS) is 12.7. The fourth-order valence-corrected chi connectivity index (χ4v) is 2.87. The molecular weight excluding hydrogens is 314 g/mol. The van der Waals surface area contributed by atoms with Gasteiger partial charge >= 0.3 is 0 Å². The number of nitrogens with two attached hydrogens (primary N) is 1. The van der Waals surface area contributed by atoms with Crippen molar-refractivity contribution in [3.63, 3.8) is 0 Å². The third-order valence-corrected chi connectivity index (χ3v) is 4.57. The largest absolute Gasteiger partial charge is 0.324 e. The van der Waals surface area contributed by atoms with Crippen molar-refractivity contribution in [2.24, 2.45) is 5.73 Å². The Kier molecular flexibility index (Phi) is 5.00. The van der Waals surface area contributed by atoms with E-state index in [0.717, 1.165) is 29.6 Å². The van der Waals surface area contributed by atoms with Crippen molar-refractivity contribution in [3.8, 4) is 0 Å². The lowest BCUT2D eigenvalue weighted by molar-refractivity contribution is 0.584. The smallest absolute Gasteiger partial charge is 0.0624 e. The highest BCUT2D eigenvalue weighted by Crippen LogP contribution is 2.25. The number of hydrogen-bond donors (Lipinski definition) is 1. The minimum absolute atomic E-state index is 0.000735. The fourth-order valence-electron chi connectivity index (χ4n) is 2.49. The van der Waals surface area contributed by atoms with Crippen LogP contribution >= 0.6 is 15.9 Å². The number of nitrogens with zero attached hydrogens (tertiary/aromatic N) is 2. The lowest BCUT2D eigenvalue weighted by atomic mass is 9.98. The molecule has 1 heterocycles. The molecule has 2 N–H and O–H groups in total. The lowest BCUT2D eigenvalue weighted by Crippen LogP contribution is -2.17. The minimum atomic E-state index is -0.000735. The number of aromatic nitrogens is 2. The molecule has 1 atom stereocenters. The molecule has 0 saturated carbocycles. The quantitative estimate of drug-likeness (QED) is 0.903. The standard InChI is InChI=1S/C16H22BrN3/c1-4-12-9-13(20(5-2)19-12)10-16(18)14-7-6-8-15(17)11(14)3/h6-9,16H,4-5,10,18H2,1-3H3. The molecule has 1 unspecified atom stereocenters. The highest BCUT2D eigenvalue weighted by molar-refractivity contribution is 9.10. The summed E-state index contributed by atoms with van der Waals surface area (Å²) in [6.07, 6.45) is 1.78. The first-order valence-electron chi connectivity index (χ1n) is 7.13. The number of benzene rings is 1. The molecule has 0 spiro atoms. The Bertz CT molecular complexity index is 589. The van der Waals surface area contributed by atoms with Gasteiger partial charge in [-0.1, -0.05) is 35.0 Å². The van der Waals surface area contributed by atoms with Crippen LogP contribution in [-0.2, 0) is 19.4 Å². The van der Waals surface area contributed by atoms with Gasteiger partial charge in [0.2, 0.25) is 0 Å². The Morgan fingerprint density at radius 3 is 2.75 bits per heavy atom. The summed E-state index contributed by atoms with van der Waals surface area (Å²) in [4.78, 5) is 0. The maximum atomic E-state index is 6.41. The lowest BCUT2D eigenvalue weighted by Gasteiger charge is -2.16. The Hall–Kier alpha value is -1.13. The molecule has 108 valence electrons. The van der Waals surface area contributed by atoms with Gasteiger partial charge in [0.1, 0.15) is 0 Å². The molecule has 2 rings (SSSR count). The van der Waals surface area contributed by atoms with Crippen molar-refractivity contribution in [2.75, 3.05) is 0 Å². The molecular formula is C16H22BrN3. The molecule has 0 amide bonds. The van der Waals surface area contributed by atoms with E-state index in [0.29, 0.717) is 0 Å². The van der Waals surface area contributed by atoms with Crippen LogP contribution in [0, 0.1) is 6.92 Å². The van der Waals surface area contributed by atoms with Crippen LogP contribution in [0.25, 0.3) is 0 Å². The van der Waals surface area contributed by atoms with E-state index in [4.69, 9.17) is 5.73 Å². The summed E-state index contributed by atoms with van der Waals surface area (Å²) in [5.41, 5.74) is 11.2. The van der Waals surface area contributed by atoms with Gasteiger partial charge in [0, 0.05) is 29.2 Å². The Morgan fingerprint density at radius 2 is 2.10 bits per heavy atom. The molecule has 1 aromatic heterocycles. The molecule has 0 aliphatic rings. The second kappa shape index (κ2) is 6.55. The van der Waals surface area contributed by atoms with Gasteiger partial charge in [-0.3, -0.25) is 4.68 Å². The molecule has 0 aliphatic heterocycles. The number of rotatable bonds is 5. The van der Waals surface area contributed by atoms with E-state index in [1.54, 1.807) is 0 Å². The van der Waals surface area contributed by atoms with Crippen LogP contribution in [0.1, 0.15) is 42.4 Å². The molecule has 4 heteroatoms. The molecule has 1 aromatic carbocycles. The van der Waals surface area contributed by atoms with Crippen molar-refractivity contribution in [2.45, 2.75) is 46.2 Å². The van der Waals surface area contributed by atoms with Crippen molar-refractivity contribution >= 4 is 15.9 Å². The molecule has 0 aliphatic carbocycles. The Morgan fingerprint density at radius 1 is 1.35 bits per heavy atom. The zero-order valence-electron chi connectivity index (χ0n) is 12.4. The van der Waals surface area contributed by atoms with Crippen LogP contribution in [-0.4, -0.2) is 9.78 Å². The highest BCUT2D eigenvalue weighted by Gasteiger charge is 2.14. The number of halogens is 1. The molecule has 20 heavy (non-hydrogen) atoms. The molecule has 0 radical (unpaired) electrons. The summed E-state index contributed by atoms with van der Waals surface area (Å²) in [6, 6.07) is 8.38. The predicted octanol–water partition coefficient (Wildman–Crippen LogP) is 3.78. The summed E-state index contributed by atoms with van der Waals surface area (Å²) in [7, 11) is 0. The zero-order valence-corrected chi connectivity index (χ0v) is 13.9. The van der Waals surface area contributed by atoms with Gasteiger partial charge in [-0.05, 0) is 43.5 Å². The third kappa shape index (κ3) is 3.13. The van der Waals surface area contributed by atoms with Crippen LogP contribution in [0.15, 0.2) is 28.7 Å². The first-order chi connectivity index (χ1) is 9.56. The van der Waals surface area contributed by atoms with Gasteiger partial charge in [0.05, 0.1) is 5.69 Å². The van der Waals surface area contributed by atoms with Gasteiger partial charge in [-0.15, -0.1) is 0 Å². The van der Waals surface area contributed by atoms with Gasteiger partial charge in [-0.25, -0.2) is 0 Å². The first-order valence-corrected chi connectivity index (χ1v) is 7.92. The van der Waals surface area contributed by atoms with E-state index >= 15 is 0 Å². The second-order valence-corrected chi connectivity index (χ2v) is 5.92. The number of hydrogen-bond acceptors (Lipinski definition) is 2. The van der Waals surface area contributed by atoms with Crippen LogP contribution < -0.4 is 5.73 Å². The third-order valence-electron chi connectivity index (χ3n) is 3.71. The van der Waals surface area contributed by atoms with Gasteiger partial charge in [-0.2, -0.15) is 5.10 Å². The second-order valence-electron chi connectivity index (χ2n) is 5.06. The van der Waals surface area contributed by atoms with E-state index in [9.17, 15) is 0 Å². The van der Waals surface area contributed by atoms with Crippen LogP contribution in [0.3, 0.4) is 0 Å². The number of aryl methyl sites for hydroxylation is 2. The van der Waals surface area contributed by atoms with Crippen LogP contribution in [0.4, 0.5) is 0 Å². The van der Waals surface area contributed by atoms with Crippen LogP contribution in [0.2, 0.25) is 0 Å². The first kappa shape index (κ1) is 15.3. The van der Waals surface area contributed by atoms with E-state index in [1.807, 2.05) is 6.07 Å².